The molecule has 1 aliphatic heterocycles. The minimum atomic E-state index is 0.533. The van der Waals surface area contributed by atoms with Crippen molar-refractivity contribution in [3.8, 4) is 11.3 Å². The predicted octanol–water partition coefficient (Wildman–Crippen LogP) is 4.12. The number of halogens is 2. The third-order valence-electron chi connectivity index (χ3n) is 4.96. The SMILES string of the molecule is CO[B]N1CCCC(CNc2cc(-c3ccccc3Cl)nc3c(Br)cnn23)C1. The van der Waals surface area contributed by atoms with Gasteiger partial charge in [-0.05, 0) is 53.8 Å². The molecule has 2 aromatic heterocycles. The van der Waals surface area contributed by atoms with E-state index in [1.807, 2.05) is 42.5 Å². The molecule has 1 fully saturated rings. The molecule has 0 aliphatic carbocycles. The zero-order valence-electron chi connectivity index (χ0n) is 15.6. The largest absolute Gasteiger partial charge is 0.427 e. The van der Waals surface area contributed by atoms with E-state index in [9.17, 15) is 0 Å². The van der Waals surface area contributed by atoms with Crippen LogP contribution in [0.5, 0.6) is 0 Å². The van der Waals surface area contributed by atoms with Crippen LogP contribution in [0.4, 0.5) is 5.82 Å². The minimum Gasteiger partial charge on any atom is -0.427 e. The van der Waals surface area contributed by atoms with E-state index < -0.39 is 0 Å². The second-order valence-electron chi connectivity index (χ2n) is 6.96. The third-order valence-corrected chi connectivity index (χ3v) is 5.84. The molecule has 1 saturated heterocycles. The fourth-order valence-corrected chi connectivity index (χ4v) is 4.21. The highest BCUT2D eigenvalue weighted by molar-refractivity contribution is 9.10. The van der Waals surface area contributed by atoms with Gasteiger partial charge < -0.3 is 14.8 Å². The van der Waals surface area contributed by atoms with Crippen LogP contribution in [0.25, 0.3) is 16.9 Å². The molecule has 6 nitrogen and oxygen atoms in total. The number of nitrogens with zero attached hydrogens (tertiary/aromatic N) is 4. The number of fused-ring (bicyclic) bond motifs is 1. The lowest BCUT2D eigenvalue weighted by Crippen LogP contribution is -2.41. The first-order valence-electron chi connectivity index (χ1n) is 9.29. The Labute approximate surface area is 178 Å². The summed E-state index contributed by atoms with van der Waals surface area (Å²) in [5, 5.41) is 8.72. The van der Waals surface area contributed by atoms with Gasteiger partial charge in [0, 0.05) is 30.3 Å². The van der Waals surface area contributed by atoms with Gasteiger partial charge in [0.15, 0.2) is 5.65 Å². The fourth-order valence-electron chi connectivity index (χ4n) is 3.63. The third kappa shape index (κ3) is 4.20. The maximum atomic E-state index is 6.41. The van der Waals surface area contributed by atoms with E-state index in [1.54, 1.807) is 13.3 Å². The quantitative estimate of drug-likeness (QED) is 0.560. The maximum absolute atomic E-state index is 6.41. The van der Waals surface area contributed by atoms with Gasteiger partial charge in [-0.1, -0.05) is 29.8 Å². The molecule has 0 spiro atoms. The van der Waals surface area contributed by atoms with Crippen molar-refractivity contribution in [3.63, 3.8) is 0 Å². The zero-order valence-corrected chi connectivity index (χ0v) is 17.9. The highest BCUT2D eigenvalue weighted by Gasteiger charge is 2.21. The van der Waals surface area contributed by atoms with Crippen molar-refractivity contribution in [3.05, 3.63) is 46.0 Å². The zero-order chi connectivity index (χ0) is 19.5. The van der Waals surface area contributed by atoms with E-state index in [-0.39, 0.29) is 0 Å². The van der Waals surface area contributed by atoms with Crippen LogP contribution >= 0.6 is 27.5 Å². The van der Waals surface area contributed by atoms with Crippen molar-refractivity contribution >= 4 is 46.6 Å². The number of rotatable bonds is 6. The number of anilines is 1. The summed E-state index contributed by atoms with van der Waals surface area (Å²) in [5.74, 6) is 1.43. The summed E-state index contributed by atoms with van der Waals surface area (Å²) in [7, 11) is 3.51. The lowest BCUT2D eigenvalue weighted by molar-refractivity contribution is 0.246. The van der Waals surface area contributed by atoms with E-state index in [1.165, 1.54) is 6.42 Å². The molecule has 9 heteroatoms. The van der Waals surface area contributed by atoms with Gasteiger partial charge in [-0.25, -0.2) is 4.98 Å². The fraction of sp³-hybridized carbons (Fsp3) is 0.368. The lowest BCUT2D eigenvalue weighted by atomic mass is 9.94. The first-order valence-corrected chi connectivity index (χ1v) is 10.5. The topological polar surface area (TPSA) is 54.7 Å². The average Bonchev–Trinajstić information content (AvgIpc) is 3.08. The number of piperidine rings is 1. The van der Waals surface area contributed by atoms with Crippen molar-refractivity contribution in [2.75, 3.05) is 32.1 Å². The molecule has 0 bridgehead atoms. The van der Waals surface area contributed by atoms with Gasteiger partial charge in [0.05, 0.1) is 16.4 Å². The molecule has 1 radical (unpaired) electrons. The Bertz CT molecular complexity index is 967. The first-order chi connectivity index (χ1) is 13.7. The van der Waals surface area contributed by atoms with Crippen LogP contribution in [0, 0.1) is 5.92 Å². The summed E-state index contributed by atoms with van der Waals surface area (Å²) in [6.07, 6.45) is 4.12. The van der Waals surface area contributed by atoms with Crippen LogP contribution in [-0.2, 0) is 4.65 Å². The van der Waals surface area contributed by atoms with Crippen molar-refractivity contribution in [1.82, 2.24) is 19.4 Å². The predicted molar refractivity (Wildman–Crippen MR) is 117 cm³/mol. The lowest BCUT2D eigenvalue weighted by Gasteiger charge is -2.31. The molecule has 0 saturated carbocycles. The second-order valence-corrected chi connectivity index (χ2v) is 8.22. The van der Waals surface area contributed by atoms with Crippen molar-refractivity contribution in [1.29, 1.82) is 0 Å². The van der Waals surface area contributed by atoms with E-state index in [4.69, 9.17) is 21.2 Å². The van der Waals surface area contributed by atoms with Crippen LogP contribution in [0.2, 0.25) is 5.02 Å². The van der Waals surface area contributed by atoms with Gasteiger partial charge in [-0.3, -0.25) is 0 Å². The van der Waals surface area contributed by atoms with E-state index >= 15 is 0 Å². The molecule has 28 heavy (non-hydrogen) atoms. The number of hydrogen-bond donors (Lipinski definition) is 1. The van der Waals surface area contributed by atoms with E-state index in [2.05, 4.69) is 31.2 Å². The van der Waals surface area contributed by atoms with Crippen molar-refractivity contribution in [2.45, 2.75) is 12.8 Å². The molecule has 145 valence electrons. The van der Waals surface area contributed by atoms with Gasteiger partial charge in [-0.15, -0.1) is 0 Å². The van der Waals surface area contributed by atoms with Crippen LogP contribution in [0.15, 0.2) is 41.0 Å². The Hall–Kier alpha value is -1.61. The molecule has 1 aliphatic rings. The summed E-state index contributed by atoms with van der Waals surface area (Å²) in [6.45, 7) is 2.88. The molecule has 1 atom stereocenters. The number of nitrogens with one attached hydrogen (secondary N) is 1. The van der Waals surface area contributed by atoms with Crippen molar-refractivity contribution < 1.29 is 4.65 Å². The first kappa shape index (κ1) is 19.7. The van der Waals surface area contributed by atoms with Crippen molar-refractivity contribution in [2.24, 2.45) is 5.92 Å². The molecule has 3 aromatic rings. The molecule has 0 amide bonds. The molecular formula is C19H21BBrClN5O. The Morgan fingerprint density at radius 1 is 1.39 bits per heavy atom. The molecule has 3 heterocycles. The molecule has 1 aromatic carbocycles. The summed E-state index contributed by atoms with van der Waals surface area (Å²) in [4.78, 5) is 6.99. The summed E-state index contributed by atoms with van der Waals surface area (Å²) in [5.41, 5.74) is 2.49. The van der Waals surface area contributed by atoms with E-state index in [0.717, 1.165) is 53.3 Å². The number of aromatic nitrogens is 3. The molecular weight excluding hydrogens is 440 g/mol. The van der Waals surface area contributed by atoms with Crippen LogP contribution in [0.1, 0.15) is 12.8 Å². The monoisotopic (exact) mass is 460 g/mol. The molecule has 1 N–H and O–H groups in total. The second kappa shape index (κ2) is 8.82. The van der Waals surface area contributed by atoms with Gasteiger partial charge in [0.25, 0.3) is 0 Å². The summed E-state index contributed by atoms with van der Waals surface area (Å²) < 4.78 is 7.84. The highest BCUT2D eigenvalue weighted by Crippen LogP contribution is 2.30. The van der Waals surface area contributed by atoms with Gasteiger partial charge in [-0.2, -0.15) is 9.61 Å². The smallest absolute Gasteiger partial charge is 0.398 e. The summed E-state index contributed by atoms with van der Waals surface area (Å²) in [6, 6.07) is 9.76. The normalized spacial score (nSPS) is 17.8. The minimum absolute atomic E-state index is 0.533. The Morgan fingerprint density at radius 3 is 3.07 bits per heavy atom. The number of benzene rings is 1. The Morgan fingerprint density at radius 2 is 2.25 bits per heavy atom. The Balaban J connectivity index is 1.60. The molecule has 1 unspecified atom stereocenters. The van der Waals surface area contributed by atoms with Crippen LogP contribution < -0.4 is 5.32 Å². The standard InChI is InChI=1S/C19H21BBrClN5O/c1-28-20-26-8-4-5-13(12-26)10-23-18-9-17(14-6-2-3-7-16(14)22)25-19-15(21)11-24-27(18)19/h2-3,6-7,9,11,13,23H,4-5,8,10,12H2,1H3. The maximum Gasteiger partial charge on any atom is 0.398 e. The van der Waals surface area contributed by atoms with E-state index in [0.29, 0.717) is 10.9 Å². The molecule has 4 rings (SSSR count). The van der Waals surface area contributed by atoms with Gasteiger partial charge in [0.2, 0.25) is 0 Å². The van der Waals surface area contributed by atoms with Crippen LogP contribution in [-0.4, -0.2) is 53.8 Å². The van der Waals surface area contributed by atoms with Crippen LogP contribution in [0.3, 0.4) is 0 Å². The number of hydrogen-bond acceptors (Lipinski definition) is 5. The van der Waals surface area contributed by atoms with Gasteiger partial charge >= 0.3 is 7.62 Å². The Kier molecular flexibility index (Phi) is 6.21. The van der Waals surface area contributed by atoms with Gasteiger partial charge in [0.1, 0.15) is 5.82 Å². The highest BCUT2D eigenvalue weighted by atomic mass is 79.9. The summed E-state index contributed by atoms with van der Waals surface area (Å²) >= 11 is 9.95. The average molecular weight is 462 g/mol.